The first-order valence-electron chi connectivity index (χ1n) is 5.70. The van der Waals surface area contributed by atoms with Crippen molar-refractivity contribution in [1.29, 1.82) is 0 Å². The van der Waals surface area contributed by atoms with Gasteiger partial charge in [-0.3, -0.25) is 20.0 Å². The summed E-state index contributed by atoms with van der Waals surface area (Å²) >= 11 is 0. The average molecular weight is 261 g/mol. The fourth-order valence-corrected chi connectivity index (χ4v) is 1.96. The number of hydrogen-bond acceptors (Lipinski definition) is 7. The first-order chi connectivity index (χ1) is 9.13. The van der Waals surface area contributed by atoms with Gasteiger partial charge < -0.3 is 11.1 Å². The van der Waals surface area contributed by atoms with E-state index < -0.39 is 6.04 Å². The number of imide groups is 1. The van der Waals surface area contributed by atoms with E-state index in [0.717, 1.165) is 0 Å². The van der Waals surface area contributed by atoms with Crippen LogP contribution in [-0.4, -0.2) is 38.0 Å². The number of nitrogens with two attached hydrogens (primary N) is 1. The second-order valence-electron chi connectivity index (χ2n) is 4.21. The van der Waals surface area contributed by atoms with Gasteiger partial charge in [0.15, 0.2) is 5.65 Å². The molecular formula is C10H11N7O2. The number of nitrogens with one attached hydrogen (secondary N) is 3. The van der Waals surface area contributed by atoms with E-state index in [1.54, 1.807) is 6.20 Å². The van der Waals surface area contributed by atoms with Crippen LogP contribution in [0.25, 0.3) is 11.0 Å². The second kappa shape index (κ2) is 4.19. The lowest BCUT2D eigenvalue weighted by Crippen LogP contribution is -2.47. The summed E-state index contributed by atoms with van der Waals surface area (Å²) in [7, 11) is 0. The van der Waals surface area contributed by atoms with E-state index in [-0.39, 0.29) is 17.8 Å². The normalized spacial score (nSPS) is 19.5. The van der Waals surface area contributed by atoms with Crippen molar-refractivity contribution < 1.29 is 9.59 Å². The first kappa shape index (κ1) is 11.4. The number of carbonyl (C=O) groups is 2. The molecule has 0 aliphatic carbocycles. The van der Waals surface area contributed by atoms with Crippen molar-refractivity contribution >= 4 is 34.6 Å². The molecule has 9 heteroatoms. The van der Waals surface area contributed by atoms with E-state index in [2.05, 4.69) is 30.8 Å². The van der Waals surface area contributed by atoms with E-state index in [9.17, 15) is 9.59 Å². The summed E-state index contributed by atoms with van der Waals surface area (Å²) in [6.07, 6.45) is 2.25. The molecule has 3 rings (SSSR count). The fraction of sp³-hybridized carbons (Fsp3) is 0.300. The Morgan fingerprint density at radius 2 is 2.21 bits per heavy atom. The Bertz CT molecular complexity index is 665. The van der Waals surface area contributed by atoms with Crippen LogP contribution in [-0.2, 0) is 9.59 Å². The highest BCUT2D eigenvalue weighted by Crippen LogP contribution is 2.21. The third kappa shape index (κ3) is 2.05. The van der Waals surface area contributed by atoms with Gasteiger partial charge in [0, 0.05) is 6.42 Å². The number of nitrogens with zero attached hydrogens (tertiary/aromatic N) is 3. The molecule has 1 atom stereocenters. The van der Waals surface area contributed by atoms with Gasteiger partial charge in [0.2, 0.25) is 17.8 Å². The number of nitrogen functional groups attached to an aromatic ring is 1. The maximum atomic E-state index is 11.7. The fourth-order valence-electron chi connectivity index (χ4n) is 1.96. The molecule has 2 aromatic heterocycles. The lowest BCUT2D eigenvalue weighted by atomic mass is 10.1. The maximum Gasteiger partial charge on any atom is 0.249 e. The van der Waals surface area contributed by atoms with E-state index in [0.29, 0.717) is 29.7 Å². The van der Waals surface area contributed by atoms with Gasteiger partial charge >= 0.3 is 0 Å². The van der Waals surface area contributed by atoms with Crippen molar-refractivity contribution in [2.45, 2.75) is 18.9 Å². The van der Waals surface area contributed by atoms with Gasteiger partial charge in [-0.15, -0.1) is 0 Å². The van der Waals surface area contributed by atoms with Crippen LogP contribution in [0, 0.1) is 0 Å². The quantitative estimate of drug-likeness (QED) is 0.516. The van der Waals surface area contributed by atoms with Crippen molar-refractivity contribution in [3.8, 4) is 0 Å². The molecule has 98 valence electrons. The van der Waals surface area contributed by atoms with E-state index in [4.69, 9.17) is 5.73 Å². The molecule has 0 radical (unpaired) electrons. The number of aromatic amines is 1. The molecule has 2 aromatic rings. The third-order valence-corrected chi connectivity index (χ3v) is 2.88. The first-order valence-corrected chi connectivity index (χ1v) is 5.70. The van der Waals surface area contributed by atoms with Gasteiger partial charge in [-0.1, -0.05) is 0 Å². The van der Waals surface area contributed by atoms with E-state index in [1.165, 1.54) is 0 Å². The molecule has 19 heavy (non-hydrogen) atoms. The van der Waals surface area contributed by atoms with Gasteiger partial charge in [0.25, 0.3) is 0 Å². The Hall–Kier alpha value is -2.71. The zero-order chi connectivity index (χ0) is 13.4. The Balaban J connectivity index is 1.91. The van der Waals surface area contributed by atoms with Crippen LogP contribution >= 0.6 is 0 Å². The Morgan fingerprint density at radius 3 is 3.00 bits per heavy atom. The number of amides is 2. The summed E-state index contributed by atoms with van der Waals surface area (Å²) in [6.45, 7) is 0. The maximum absolute atomic E-state index is 11.7. The summed E-state index contributed by atoms with van der Waals surface area (Å²) < 4.78 is 0. The minimum Gasteiger partial charge on any atom is -0.368 e. The summed E-state index contributed by atoms with van der Waals surface area (Å²) in [4.78, 5) is 30.8. The molecule has 2 amide bonds. The van der Waals surface area contributed by atoms with Crippen LogP contribution in [0.15, 0.2) is 6.20 Å². The number of rotatable bonds is 2. The largest absolute Gasteiger partial charge is 0.368 e. The average Bonchev–Trinajstić information content (AvgIpc) is 2.80. The van der Waals surface area contributed by atoms with Crippen LogP contribution in [0.1, 0.15) is 12.8 Å². The monoisotopic (exact) mass is 261 g/mol. The lowest BCUT2D eigenvalue weighted by molar-refractivity contribution is -0.133. The van der Waals surface area contributed by atoms with Crippen molar-refractivity contribution in [2.75, 3.05) is 11.1 Å². The number of anilines is 2. The van der Waals surface area contributed by atoms with Crippen molar-refractivity contribution in [2.24, 2.45) is 0 Å². The highest BCUT2D eigenvalue weighted by Gasteiger charge is 2.27. The highest BCUT2D eigenvalue weighted by molar-refractivity contribution is 6.02. The Kier molecular flexibility index (Phi) is 2.51. The molecule has 0 saturated carbocycles. The van der Waals surface area contributed by atoms with Gasteiger partial charge in [0.05, 0.1) is 11.6 Å². The van der Waals surface area contributed by atoms with Gasteiger partial charge in [-0.2, -0.15) is 15.1 Å². The molecule has 1 unspecified atom stereocenters. The zero-order valence-electron chi connectivity index (χ0n) is 9.80. The van der Waals surface area contributed by atoms with Crippen LogP contribution in [0.4, 0.5) is 11.8 Å². The standard InChI is InChI=1S/C10H11N7O2/c11-10-15-7(4-3-12-17-8(4)16-10)13-5-1-2-6(18)14-9(5)19/h3,5H,1-2H2,(H,14,18,19)(H4,11,12,13,15,16,17). The lowest BCUT2D eigenvalue weighted by Gasteiger charge is -2.22. The number of fused-ring (bicyclic) bond motifs is 1. The summed E-state index contributed by atoms with van der Waals surface area (Å²) in [5.74, 6) is -0.138. The molecule has 0 spiro atoms. The number of hydrogen-bond donors (Lipinski definition) is 4. The Labute approximate surface area is 107 Å². The molecular weight excluding hydrogens is 250 g/mol. The van der Waals surface area contributed by atoms with Crippen molar-refractivity contribution in [1.82, 2.24) is 25.5 Å². The number of aromatic nitrogens is 4. The summed E-state index contributed by atoms with van der Waals surface area (Å²) in [5.41, 5.74) is 6.07. The molecule has 3 heterocycles. The minimum atomic E-state index is -0.523. The van der Waals surface area contributed by atoms with Gasteiger partial charge in [-0.25, -0.2) is 0 Å². The predicted molar refractivity (Wildman–Crippen MR) is 65.9 cm³/mol. The van der Waals surface area contributed by atoms with E-state index in [1.807, 2.05) is 0 Å². The van der Waals surface area contributed by atoms with Crippen LogP contribution < -0.4 is 16.4 Å². The second-order valence-corrected chi connectivity index (χ2v) is 4.21. The van der Waals surface area contributed by atoms with Crippen LogP contribution in [0.2, 0.25) is 0 Å². The van der Waals surface area contributed by atoms with Crippen LogP contribution in [0.5, 0.6) is 0 Å². The van der Waals surface area contributed by atoms with Gasteiger partial charge in [0.1, 0.15) is 11.9 Å². The number of carbonyl (C=O) groups excluding carboxylic acids is 2. The SMILES string of the molecule is Nc1nc(NC2CCC(=O)NC2=O)c2cn[nH]c2n1. The molecule has 1 aliphatic rings. The molecule has 9 nitrogen and oxygen atoms in total. The van der Waals surface area contributed by atoms with E-state index >= 15 is 0 Å². The number of H-pyrrole nitrogens is 1. The topological polar surface area (TPSA) is 139 Å². The molecule has 1 aliphatic heterocycles. The molecule has 5 N–H and O–H groups in total. The van der Waals surface area contributed by atoms with Gasteiger partial charge in [-0.05, 0) is 6.42 Å². The summed E-state index contributed by atoms with van der Waals surface area (Å²) in [6, 6.07) is -0.523. The predicted octanol–water partition coefficient (Wildman–Crippen LogP) is -0.848. The highest BCUT2D eigenvalue weighted by atomic mass is 16.2. The van der Waals surface area contributed by atoms with Crippen molar-refractivity contribution in [3.63, 3.8) is 0 Å². The number of piperidine rings is 1. The van der Waals surface area contributed by atoms with Crippen LogP contribution in [0.3, 0.4) is 0 Å². The molecule has 0 bridgehead atoms. The third-order valence-electron chi connectivity index (χ3n) is 2.88. The minimum absolute atomic E-state index is 0.0755. The Morgan fingerprint density at radius 1 is 1.37 bits per heavy atom. The summed E-state index contributed by atoms with van der Waals surface area (Å²) in [5, 5.41) is 12.4. The smallest absolute Gasteiger partial charge is 0.249 e. The molecule has 1 saturated heterocycles. The molecule has 1 fully saturated rings. The zero-order valence-corrected chi connectivity index (χ0v) is 9.80. The van der Waals surface area contributed by atoms with Crippen molar-refractivity contribution in [3.05, 3.63) is 6.20 Å². The molecule has 0 aromatic carbocycles.